The number of halogens is 1. The molecule has 0 bridgehead atoms. The first kappa shape index (κ1) is 28.1. The van der Waals surface area contributed by atoms with Gasteiger partial charge in [-0.15, -0.1) is 5.73 Å². The average molecular weight is 463 g/mol. The standard InChI is InChI=1S/C33H47F/c1-9-13-29(22-27-18-16-24(6)17-19-27)31(26(8)25(7)10-2)21-20-28(11-3)33-30(23(4)5)14-12-15-32(33)34/h11-15,20-21,23-27,29H,1,3,10,16-19,22H2,2,4-8H3/b28-20+,31-21+. The van der Waals surface area contributed by atoms with Crippen LogP contribution in [0.25, 0.3) is 5.57 Å². The fourth-order valence-corrected chi connectivity index (χ4v) is 5.43. The van der Waals surface area contributed by atoms with Crippen molar-refractivity contribution in [3.05, 3.63) is 83.9 Å². The Balaban J connectivity index is 2.53. The molecular formula is C33H47F. The summed E-state index contributed by atoms with van der Waals surface area (Å²) >= 11 is 0. The Morgan fingerprint density at radius 2 is 1.79 bits per heavy atom. The first-order chi connectivity index (χ1) is 16.2. The van der Waals surface area contributed by atoms with Crippen LogP contribution in [0.2, 0.25) is 0 Å². The Morgan fingerprint density at radius 3 is 2.35 bits per heavy atom. The predicted octanol–water partition coefficient (Wildman–Crippen LogP) is 10.3. The Kier molecular flexibility index (Phi) is 11.3. The molecule has 0 radical (unpaired) electrons. The lowest BCUT2D eigenvalue weighted by atomic mass is 9.73. The van der Waals surface area contributed by atoms with E-state index < -0.39 is 0 Å². The van der Waals surface area contributed by atoms with Crippen molar-refractivity contribution < 1.29 is 4.39 Å². The highest BCUT2D eigenvalue weighted by molar-refractivity contribution is 5.77. The third-order valence-electron chi connectivity index (χ3n) is 8.12. The van der Waals surface area contributed by atoms with Gasteiger partial charge in [-0.3, -0.25) is 0 Å². The molecule has 2 rings (SSSR count). The zero-order chi connectivity index (χ0) is 25.3. The molecule has 1 saturated carbocycles. The molecule has 3 atom stereocenters. The summed E-state index contributed by atoms with van der Waals surface area (Å²) in [5, 5.41) is 0. The molecular weight excluding hydrogens is 415 g/mol. The van der Waals surface area contributed by atoms with Gasteiger partial charge in [0.15, 0.2) is 0 Å². The maximum atomic E-state index is 15.0. The van der Waals surface area contributed by atoms with E-state index in [9.17, 15) is 4.39 Å². The molecule has 0 heterocycles. The van der Waals surface area contributed by atoms with Gasteiger partial charge in [0.25, 0.3) is 0 Å². The number of allylic oxidation sites excluding steroid dienone is 6. The van der Waals surface area contributed by atoms with Crippen molar-refractivity contribution in [2.45, 2.75) is 86.0 Å². The van der Waals surface area contributed by atoms with Crippen molar-refractivity contribution in [1.82, 2.24) is 0 Å². The van der Waals surface area contributed by atoms with Gasteiger partial charge in [0.1, 0.15) is 5.82 Å². The van der Waals surface area contributed by atoms with Gasteiger partial charge in [-0.25, -0.2) is 4.39 Å². The quantitative estimate of drug-likeness (QED) is 0.227. The molecule has 1 heteroatoms. The number of hydrogen-bond acceptors (Lipinski definition) is 0. The van der Waals surface area contributed by atoms with Gasteiger partial charge in [-0.2, -0.15) is 0 Å². The summed E-state index contributed by atoms with van der Waals surface area (Å²) < 4.78 is 15.0. The first-order valence-corrected chi connectivity index (χ1v) is 13.4. The lowest BCUT2D eigenvalue weighted by Gasteiger charge is -2.32. The second-order valence-electron chi connectivity index (χ2n) is 10.9. The minimum atomic E-state index is -0.180. The van der Waals surface area contributed by atoms with Crippen LogP contribution in [0.5, 0.6) is 0 Å². The van der Waals surface area contributed by atoms with Gasteiger partial charge in [0, 0.05) is 11.5 Å². The van der Waals surface area contributed by atoms with Gasteiger partial charge in [-0.05, 0) is 59.3 Å². The van der Waals surface area contributed by atoms with Crippen LogP contribution in [0.3, 0.4) is 0 Å². The molecule has 0 N–H and O–H groups in total. The summed E-state index contributed by atoms with van der Waals surface area (Å²) in [6.45, 7) is 21.5. The largest absolute Gasteiger partial charge is 0.206 e. The second-order valence-corrected chi connectivity index (χ2v) is 10.9. The molecule has 1 fully saturated rings. The van der Waals surface area contributed by atoms with Crippen molar-refractivity contribution in [3.63, 3.8) is 0 Å². The number of hydrogen-bond donors (Lipinski definition) is 0. The summed E-state index contributed by atoms with van der Waals surface area (Å²) in [6.07, 6.45) is 15.9. The first-order valence-electron chi connectivity index (χ1n) is 13.4. The third kappa shape index (κ3) is 7.44. The minimum Gasteiger partial charge on any atom is -0.206 e. The van der Waals surface area contributed by atoms with Crippen LogP contribution in [0.1, 0.15) is 97.1 Å². The molecule has 1 aromatic rings. The fraction of sp³-hybridized carbons (Fsp3) is 0.545. The van der Waals surface area contributed by atoms with Gasteiger partial charge in [0.2, 0.25) is 0 Å². The predicted molar refractivity (Wildman–Crippen MR) is 148 cm³/mol. The van der Waals surface area contributed by atoms with Gasteiger partial charge >= 0.3 is 0 Å². The van der Waals surface area contributed by atoms with Gasteiger partial charge in [-0.1, -0.05) is 123 Å². The highest BCUT2D eigenvalue weighted by Crippen LogP contribution is 2.38. The molecule has 0 aromatic heterocycles. The van der Waals surface area contributed by atoms with Crippen LogP contribution >= 0.6 is 0 Å². The molecule has 186 valence electrons. The van der Waals surface area contributed by atoms with E-state index in [1.54, 1.807) is 18.2 Å². The van der Waals surface area contributed by atoms with E-state index in [1.165, 1.54) is 31.3 Å². The highest BCUT2D eigenvalue weighted by atomic mass is 19.1. The minimum absolute atomic E-state index is 0.180. The summed E-state index contributed by atoms with van der Waals surface area (Å²) in [5.74, 6) is 2.97. The molecule has 0 aliphatic heterocycles. The average Bonchev–Trinajstić information content (AvgIpc) is 2.82. The molecule has 3 unspecified atom stereocenters. The number of rotatable bonds is 11. The summed E-state index contributed by atoms with van der Waals surface area (Å²) in [5.41, 5.74) is 7.07. The molecule has 34 heavy (non-hydrogen) atoms. The van der Waals surface area contributed by atoms with Crippen molar-refractivity contribution in [2.24, 2.45) is 29.6 Å². The fourth-order valence-electron chi connectivity index (χ4n) is 5.43. The maximum absolute atomic E-state index is 15.0. The molecule has 0 saturated heterocycles. The molecule has 0 spiro atoms. The second kappa shape index (κ2) is 13.7. The van der Waals surface area contributed by atoms with Gasteiger partial charge < -0.3 is 0 Å². The molecule has 1 aromatic carbocycles. The zero-order valence-corrected chi connectivity index (χ0v) is 22.5. The summed E-state index contributed by atoms with van der Waals surface area (Å²) in [6, 6.07) is 5.38. The van der Waals surface area contributed by atoms with E-state index in [0.717, 1.165) is 35.8 Å². The van der Waals surface area contributed by atoms with E-state index >= 15 is 0 Å². The lowest BCUT2D eigenvalue weighted by Crippen LogP contribution is -2.20. The van der Waals surface area contributed by atoms with Crippen LogP contribution in [0, 0.1) is 35.4 Å². The molecule has 0 nitrogen and oxygen atoms in total. The normalized spacial score (nSPS) is 22.1. The van der Waals surface area contributed by atoms with Crippen LogP contribution in [0.4, 0.5) is 4.39 Å². The van der Waals surface area contributed by atoms with Crippen molar-refractivity contribution in [2.75, 3.05) is 0 Å². The summed E-state index contributed by atoms with van der Waals surface area (Å²) in [4.78, 5) is 0. The van der Waals surface area contributed by atoms with Gasteiger partial charge in [0.05, 0.1) is 0 Å². The molecule has 1 aliphatic carbocycles. The Hall–Kier alpha value is -2.11. The van der Waals surface area contributed by atoms with Crippen LogP contribution in [-0.4, -0.2) is 0 Å². The topological polar surface area (TPSA) is 0 Å². The van der Waals surface area contributed by atoms with Crippen molar-refractivity contribution in [3.8, 4) is 0 Å². The zero-order valence-electron chi connectivity index (χ0n) is 22.5. The molecule has 1 aliphatic rings. The Labute approximate surface area is 209 Å². The van der Waals surface area contributed by atoms with Crippen molar-refractivity contribution >= 4 is 5.57 Å². The van der Waals surface area contributed by atoms with Crippen LogP contribution < -0.4 is 0 Å². The SMILES string of the molecule is C=C=CC(CC1CCC(C)CC1)/C(=C/C=C(\C=C)c1c(F)cccc1C(C)C)C(C)C(C)CC. The van der Waals surface area contributed by atoms with Crippen LogP contribution in [-0.2, 0) is 0 Å². The Morgan fingerprint density at radius 1 is 1.12 bits per heavy atom. The van der Waals surface area contributed by atoms with Crippen molar-refractivity contribution in [1.29, 1.82) is 0 Å². The smallest absolute Gasteiger partial charge is 0.131 e. The monoisotopic (exact) mass is 462 g/mol. The van der Waals surface area contributed by atoms with E-state index in [0.29, 0.717) is 23.3 Å². The van der Waals surface area contributed by atoms with Crippen LogP contribution in [0.15, 0.2) is 67.0 Å². The third-order valence-corrected chi connectivity index (χ3v) is 8.12. The Bertz CT molecular complexity index is 900. The highest BCUT2D eigenvalue weighted by Gasteiger charge is 2.26. The summed E-state index contributed by atoms with van der Waals surface area (Å²) in [7, 11) is 0. The van der Waals surface area contributed by atoms with E-state index in [2.05, 4.69) is 78.7 Å². The number of benzene rings is 1. The van der Waals surface area contributed by atoms with E-state index in [-0.39, 0.29) is 11.7 Å². The van der Waals surface area contributed by atoms with E-state index in [1.807, 2.05) is 6.07 Å². The molecule has 0 amide bonds. The lowest BCUT2D eigenvalue weighted by molar-refractivity contribution is 0.259. The van der Waals surface area contributed by atoms with E-state index in [4.69, 9.17) is 0 Å². The maximum Gasteiger partial charge on any atom is 0.131 e.